The highest BCUT2D eigenvalue weighted by Gasteiger charge is 2.12. The van der Waals surface area contributed by atoms with Gasteiger partial charge in [-0.1, -0.05) is 13.0 Å². The molecule has 0 spiro atoms. The Morgan fingerprint density at radius 3 is 2.69 bits per heavy atom. The fourth-order valence-corrected chi connectivity index (χ4v) is 2.94. The van der Waals surface area contributed by atoms with Crippen LogP contribution in [0.3, 0.4) is 0 Å². The van der Waals surface area contributed by atoms with Crippen LogP contribution >= 0.6 is 0 Å². The summed E-state index contributed by atoms with van der Waals surface area (Å²) < 4.78 is 7.26. The zero-order valence-corrected chi connectivity index (χ0v) is 16.7. The van der Waals surface area contributed by atoms with Crippen LogP contribution in [0.4, 0.5) is 5.69 Å². The van der Waals surface area contributed by atoms with Crippen LogP contribution in [0.1, 0.15) is 48.3 Å². The summed E-state index contributed by atoms with van der Waals surface area (Å²) in [6, 6.07) is 9.98. The summed E-state index contributed by atoms with van der Waals surface area (Å²) in [4.78, 5) is 40.6. The van der Waals surface area contributed by atoms with E-state index in [1.165, 1.54) is 17.4 Å². The number of aromatic nitrogens is 2. The van der Waals surface area contributed by atoms with Crippen LogP contribution in [0, 0.1) is 6.92 Å². The minimum absolute atomic E-state index is 0.0431. The summed E-state index contributed by atoms with van der Waals surface area (Å²) in [5.41, 5.74) is 2.66. The lowest BCUT2D eigenvalue weighted by atomic mass is 10.1. The van der Waals surface area contributed by atoms with Crippen LogP contribution in [-0.2, 0) is 11.4 Å². The molecule has 3 rings (SSSR count). The molecule has 0 fully saturated rings. The van der Waals surface area contributed by atoms with Crippen LogP contribution in [0.25, 0.3) is 5.65 Å². The zero-order chi connectivity index (χ0) is 21.0. The number of nitrogens with zero attached hydrogens (tertiary/aromatic N) is 2. The van der Waals surface area contributed by atoms with Gasteiger partial charge in [0.2, 0.25) is 5.91 Å². The molecular weight excluding hydrogens is 370 g/mol. The third-order valence-corrected chi connectivity index (χ3v) is 4.36. The second kappa shape index (κ2) is 8.68. The molecule has 2 heterocycles. The number of anilines is 1. The van der Waals surface area contributed by atoms with Gasteiger partial charge in [0, 0.05) is 24.4 Å². The van der Waals surface area contributed by atoms with Gasteiger partial charge in [0.1, 0.15) is 18.0 Å². The van der Waals surface area contributed by atoms with Gasteiger partial charge in [-0.2, -0.15) is 0 Å². The number of aryl methyl sites for hydroxylation is 1. The van der Waals surface area contributed by atoms with Crippen molar-refractivity contribution in [3.63, 3.8) is 0 Å². The standard InChI is InChI=1S/C22H23N3O4/c1-4-5-21(27)24-16-7-8-19(18(10-16)15(3)26)29-13-17-11-22(28)25-12-14(2)6-9-20(25)23-17/h6-12H,4-5,13H2,1-3H3,(H,24,27). The van der Waals surface area contributed by atoms with Crippen LogP contribution in [0.5, 0.6) is 5.75 Å². The number of benzene rings is 1. The quantitative estimate of drug-likeness (QED) is 0.620. The number of Topliss-reactive ketones (excluding diaryl/α,β-unsaturated/α-hetero) is 1. The number of carbonyl (C=O) groups excluding carboxylic acids is 2. The van der Waals surface area contributed by atoms with Crippen molar-refractivity contribution in [2.24, 2.45) is 0 Å². The van der Waals surface area contributed by atoms with E-state index in [0.29, 0.717) is 34.8 Å². The Labute approximate surface area is 168 Å². The third kappa shape index (κ3) is 4.87. The van der Waals surface area contributed by atoms with E-state index in [2.05, 4.69) is 10.3 Å². The highest BCUT2D eigenvalue weighted by atomic mass is 16.5. The van der Waals surface area contributed by atoms with Gasteiger partial charge in [-0.05, 0) is 50.1 Å². The number of rotatable bonds is 7. The molecular formula is C22H23N3O4. The van der Waals surface area contributed by atoms with Crippen molar-refractivity contribution < 1.29 is 14.3 Å². The average Bonchev–Trinajstić information content (AvgIpc) is 2.67. The molecule has 0 atom stereocenters. The van der Waals surface area contributed by atoms with Crippen molar-refractivity contribution in [2.45, 2.75) is 40.2 Å². The predicted octanol–water partition coefficient (Wildman–Crippen LogP) is 3.52. The lowest BCUT2D eigenvalue weighted by Crippen LogP contribution is -2.16. The predicted molar refractivity (Wildman–Crippen MR) is 111 cm³/mol. The van der Waals surface area contributed by atoms with E-state index in [1.54, 1.807) is 30.5 Å². The summed E-state index contributed by atoms with van der Waals surface area (Å²) in [6.45, 7) is 5.30. The van der Waals surface area contributed by atoms with Crippen molar-refractivity contribution in [3.05, 3.63) is 69.8 Å². The van der Waals surface area contributed by atoms with Gasteiger partial charge in [0.05, 0.1) is 11.3 Å². The Balaban J connectivity index is 1.82. The minimum atomic E-state index is -0.196. The number of ketones is 1. The molecule has 0 saturated heterocycles. The number of fused-ring (bicyclic) bond motifs is 1. The Morgan fingerprint density at radius 1 is 1.17 bits per heavy atom. The molecule has 150 valence electrons. The molecule has 29 heavy (non-hydrogen) atoms. The molecule has 1 amide bonds. The molecule has 0 unspecified atom stereocenters. The number of carbonyl (C=O) groups is 2. The van der Waals surface area contributed by atoms with Crippen molar-refractivity contribution in [1.29, 1.82) is 0 Å². The van der Waals surface area contributed by atoms with E-state index in [1.807, 2.05) is 19.9 Å². The van der Waals surface area contributed by atoms with Gasteiger partial charge < -0.3 is 10.1 Å². The Bertz CT molecular complexity index is 1130. The molecule has 1 aromatic carbocycles. The van der Waals surface area contributed by atoms with Crippen LogP contribution in [0.15, 0.2) is 47.4 Å². The number of nitrogens with one attached hydrogen (secondary N) is 1. The summed E-state index contributed by atoms with van der Waals surface area (Å²) in [5.74, 6) is 0.0808. The molecule has 3 aromatic rings. The highest BCUT2D eigenvalue weighted by molar-refractivity contribution is 5.99. The molecule has 0 aliphatic carbocycles. The molecule has 1 N–H and O–H groups in total. The monoisotopic (exact) mass is 393 g/mol. The van der Waals surface area contributed by atoms with E-state index >= 15 is 0 Å². The third-order valence-electron chi connectivity index (χ3n) is 4.36. The highest BCUT2D eigenvalue weighted by Crippen LogP contribution is 2.24. The molecule has 2 aromatic heterocycles. The van der Waals surface area contributed by atoms with E-state index < -0.39 is 0 Å². The van der Waals surface area contributed by atoms with Gasteiger partial charge in [0.15, 0.2) is 5.78 Å². The van der Waals surface area contributed by atoms with Crippen LogP contribution < -0.4 is 15.6 Å². The molecule has 0 aliphatic heterocycles. The van der Waals surface area contributed by atoms with E-state index in [0.717, 1.165) is 12.0 Å². The number of amides is 1. The first-order valence-corrected chi connectivity index (χ1v) is 9.44. The normalized spacial score (nSPS) is 10.7. The van der Waals surface area contributed by atoms with Gasteiger partial charge >= 0.3 is 0 Å². The number of hydrogen-bond donors (Lipinski definition) is 1. The SMILES string of the molecule is CCCC(=O)Nc1ccc(OCc2cc(=O)n3cc(C)ccc3n2)c(C(C)=O)c1. The average molecular weight is 393 g/mol. The van der Waals surface area contributed by atoms with Gasteiger partial charge in [-0.15, -0.1) is 0 Å². The van der Waals surface area contributed by atoms with Crippen molar-refractivity contribution in [3.8, 4) is 5.75 Å². The first-order chi connectivity index (χ1) is 13.9. The topological polar surface area (TPSA) is 89.8 Å². The van der Waals surface area contributed by atoms with Gasteiger partial charge in [-0.25, -0.2) is 4.98 Å². The molecule has 0 bridgehead atoms. The fraction of sp³-hybridized carbons (Fsp3) is 0.273. The Morgan fingerprint density at radius 2 is 1.97 bits per heavy atom. The summed E-state index contributed by atoms with van der Waals surface area (Å²) in [5, 5.41) is 2.77. The first kappa shape index (κ1) is 20.3. The number of ether oxygens (including phenoxy) is 1. The van der Waals surface area contributed by atoms with Crippen LogP contribution in [0.2, 0.25) is 0 Å². The molecule has 0 radical (unpaired) electrons. The maximum atomic E-state index is 12.3. The number of pyridine rings is 1. The fourth-order valence-electron chi connectivity index (χ4n) is 2.94. The lowest BCUT2D eigenvalue weighted by molar-refractivity contribution is -0.116. The van der Waals surface area contributed by atoms with E-state index in [4.69, 9.17) is 4.74 Å². The Hall–Kier alpha value is -3.48. The van der Waals surface area contributed by atoms with E-state index in [9.17, 15) is 14.4 Å². The maximum Gasteiger partial charge on any atom is 0.258 e. The smallest absolute Gasteiger partial charge is 0.258 e. The largest absolute Gasteiger partial charge is 0.487 e. The summed E-state index contributed by atoms with van der Waals surface area (Å²) >= 11 is 0. The summed E-state index contributed by atoms with van der Waals surface area (Å²) in [6.07, 6.45) is 2.88. The maximum absolute atomic E-state index is 12.3. The van der Waals surface area contributed by atoms with E-state index in [-0.39, 0.29) is 23.9 Å². The second-order valence-electron chi connectivity index (χ2n) is 6.87. The number of hydrogen-bond acceptors (Lipinski definition) is 5. The summed E-state index contributed by atoms with van der Waals surface area (Å²) in [7, 11) is 0. The van der Waals surface area contributed by atoms with Crippen molar-refractivity contribution in [1.82, 2.24) is 9.38 Å². The van der Waals surface area contributed by atoms with Crippen molar-refractivity contribution >= 4 is 23.0 Å². The second-order valence-corrected chi connectivity index (χ2v) is 6.87. The van der Waals surface area contributed by atoms with Crippen LogP contribution in [-0.4, -0.2) is 21.1 Å². The molecule has 0 saturated carbocycles. The zero-order valence-electron chi connectivity index (χ0n) is 16.7. The van der Waals surface area contributed by atoms with Gasteiger partial charge in [-0.3, -0.25) is 18.8 Å². The lowest BCUT2D eigenvalue weighted by Gasteiger charge is -2.12. The molecule has 7 nitrogen and oxygen atoms in total. The van der Waals surface area contributed by atoms with Crippen molar-refractivity contribution in [2.75, 3.05) is 5.32 Å². The van der Waals surface area contributed by atoms with Gasteiger partial charge in [0.25, 0.3) is 5.56 Å². The minimum Gasteiger partial charge on any atom is -0.487 e. The Kier molecular flexibility index (Phi) is 6.07. The first-order valence-electron chi connectivity index (χ1n) is 9.44. The molecule has 0 aliphatic rings. The molecule has 7 heteroatoms.